The number of likely N-dealkylation sites (tertiary alicyclic amines) is 1. The first-order valence-electron chi connectivity index (χ1n) is 9.08. The Kier molecular flexibility index (Phi) is 4.99. The van der Waals surface area contributed by atoms with Crippen LogP contribution in [-0.4, -0.2) is 41.8 Å². The Morgan fingerprint density at radius 1 is 1.23 bits per heavy atom. The molecule has 0 N–H and O–H groups in total. The highest BCUT2D eigenvalue weighted by Crippen LogP contribution is 2.29. The minimum atomic E-state index is -0.388. The number of Topliss-reactive ketones (excluding diaryl/α,β-unsaturated/α-hetero) is 1. The van der Waals surface area contributed by atoms with Crippen LogP contribution in [0, 0.1) is 11.3 Å². The fourth-order valence-corrected chi connectivity index (χ4v) is 3.57. The predicted octanol–water partition coefficient (Wildman–Crippen LogP) is 3.71. The molecule has 138 valence electrons. The molecule has 5 heteroatoms. The minimum absolute atomic E-state index is 0.102. The lowest BCUT2D eigenvalue weighted by Gasteiger charge is -2.34. The van der Waals surface area contributed by atoms with Gasteiger partial charge in [-0.1, -0.05) is 32.9 Å². The van der Waals surface area contributed by atoms with Gasteiger partial charge in [-0.3, -0.25) is 9.59 Å². The van der Waals surface area contributed by atoms with E-state index in [1.807, 2.05) is 45.0 Å². The zero-order chi connectivity index (χ0) is 18.9. The smallest absolute Gasteiger partial charge is 0.272 e. The second-order valence-electron chi connectivity index (χ2n) is 7.93. The van der Waals surface area contributed by atoms with Crippen molar-refractivity contribution in [3.05, 3.63) is 36.0 Å². The van der Waals surface area contributed by atoms with E-state index in [4.69, 9.17) is 4.74 Å². The molecular formula is C21H26N2O3. The maximum atomic E-state index is 13.0. The number of benzene rings is 1. The standard InChI is InChI=1S/C21H26N2O3/c1-21(2,3)19(24)14-8-7-11-23(13-14)20(25)17-12-18(26-4)15-9-5-6-10-16(15)22-17/h5-6,9-10,12,14H,7-8,11,13H2,1-4H3/t14-/m0/s1. The van der Waals surface area contributed by atoms with Crippen molar-refractivity contribution < 1.29 is 14.3 Å². The Morgan fingerprint density at radius 3 is 2.65 bits per heavy atom. The molecule has 5 nitrogen and oxygen atoms in total. The van der Waals surface area contributed by atoms with E-state index in [1.54, 1.807) is 18.1 Å². The third kappa shape index (κ3) is 3.57. The van der Waals surface area contributed by atoms with Gasteiger partial charge in [0, 0.05) is 35.9 Å². The van der Waals surface area contributed by atoms with E-state index in [9.17, 15) is 9.59 Å². The van der Waals surface area contributed by atoms with E-state index in [2.05, 4.69) is 4.98 Å². The number of carbonyl (C=O) groups excluding carboxylic acids is 2. The van der Waals surface area contributed by atoms with Gasteiger partial charge in [0.1, 0.15) is 17.2 Å². The number of nitrogens with zero attached hydrogens (tertiary/aromatic N) is 2. The molecule has 0 spiro atoms. The van der Waals surface area contributed by atoms with Gasteiger partial charge in [-0.25, -0.2) is 4.98 Å². The molecule has 1 aliphatic rings. The Bertz CT molecular complexity index is 839. The van der Waals surface area contributed by atoms with Crippen molar-refractivity contribution in [1.29, 1.82) is 0 Å². The molecule has 0 aliphatic carbocycles. The molecule has 26 heavy (non-hydrogen) atoms. The van der Waals surface area contributed by atoms with Crippen molar-refractivity contribution in [3.63, 3.8) is 0 Å². The van der Waals surface area contributed by atoms with Crippen LogP contribution in [0.4, 0.5) is 0 Å². The molecule has 0 unspecified atom stereocenters. The van der Waals surface area contributed by atoms with Gasteiger partial charge >= 0.3 is 0 Å². The quantitative estimate of drug-likeness (QED) is 0.843. The van der Waals surface area contributed by atoms with E-state index in [-0.39, 0.29) is 23.0 Å². The number of fused-ring (bicyclic) bond motifs is 1. The molecule has 2 heterocycles. The van der Waals surface area contributed by atoms with Gasteiger partial charge in [0.05, 0.1) is 12.6 Å². The number of amides is 1. The van der Waals surface area contributed by atoms with E-state index in [0.29, 0.717) is 24.5 Å². The van der Waals surface area contributed by atoms with Gasteiger partial charge in [0.25, 0.3) is 5.91 Å². The largest absolute Gasteiger partial charge is 0.496 e. The number of hydrogen-bond donors (Lipinski definition) is 0. The summed E-state index contributed by atoms with van der Waals surface area (Å²) in [5.41, 5.74) is 0.708. The minimum Gasteiger partial charge on any atom is -0.496 e. The molecule has 0 saturated carbocycles. The van der Waals surface area contributed by atoms with Crippen molar-refractivity contribution >= 4 is 22.6 Å². The lowest BCUT2D eigenvalue weighted by Crippen LogP contribution is -2.45. The topological polar surface area (TPSA) is 59.5 Å². The Hall–Kier alpha value is -2.43. The Balaban J connectivity index is 1.87. The molecule has 0 radical (unpaired) electrons. The van der Waals surface area contributed by atoms with Crippen molar-refractivity contribution in [2.45, 2.75) is 33.6 Å². The summed E-state index contributed by atoms with van der Waals surface area (Å²) in [4.78, 5) is 31.9. The summed E-state index contributed by atoms with van der Waals surface area (Å²) in [6.07, 6.45) is 1.68. The first kappa shape index (κ1) is 18.4. The summed E-state index contributed by atoms with van der Waals surface area (Å²) >= 11 is 0. The third-order valence-electron chi connectivity index (χ3n) is 4.94. The molecule has 1 aliphatic heterocycles. The van der Waals surface area contributed by atoms with E-state index < -0.39 is 0 Å². The maximum absolute atomic E-state index is 13.0. The van der Waals surface area contributed by atoms with Crippen LogP contribution in [0.5, 0.6) is 5.75 Å². The fourth-order valence-electron chi connectivity index (χ4n) is 3.57. The third-order valence-corrected chi connectivity index (χ3v) is 4.94. The van der Waals surface area contributed by atoms with Crippen molar-refractivity contribution in [1.82, 2.24) is 9.88 Å². The number of piperidine rings is 1. The van der Waals surface area contributed by atoms with Crippen molar-refractivity contribution in [2.75, 3.05) is 20.2 Å². The van der Waals surface area contributed by atoms with Gasteiger partial charge in [0.15, 0.2) is 0 Å². The molecule has 1 atom stereocenters. The zero-order valence-corrected chi connectivity index (χ0v) is 15.9. The first-order chi connectivity index (χ1) is 12.3. The molecule has 1 aromatic heterocycles. The van der Waals surface area contributed by atoms with Crippen molar-refractivity contribution in [3.8, 4) is 5.75 Å². The molecular weight excluding hydrogens is 328 g/mol. The second-order valence-corrected chi connectivity index (χ2v) is 7.93. The van der Waals surface area contributed by atoms with Crippen LogP contribution < -0.4 is 4.74 Å². The summed E-state index contributed by atoms with van der Waals surface area (Å²) < 4.78 is 5.44. The number of aromatic nitrogens is 1. The van der Waals surface area contributed by atoms with Crippen LogP contribution in [0.2, 0.25) is 0 Å². The highest BCUT2D eigenvalue weighted by Gasteiger charge is 2.34. The number of ether oxygens (including phenoxy) is 1. The van der Waals surface area contributed by atoms with Gasteiger partial charge in [0.2, 0.25) is 0 Å². The average molecular weight is 354 g/mol. The van der Waals surface area contributed by atoms with Gasteiger partial charge in [-0.15, -0.1) is 0 Å². The normalized spacial score (nSPS) is 18.0. The number of ketones is 1. The molecule has 0 bridgehead atoms. The van der Waals surface area contributed by atoms with Gasteiger partial charge in [-0.05, 0) is 25.0 Å². The number of carbonyl (C=O) groups is 2. The number of methoxy groups -OCH3 is 1. The SMILES string of the molecule is COc1cc(C(=O)N2CCC[C@H](C(=O)C(C)(C)C)C2)nc2ccccc12. The summed E-state index contributed by atoms with van der Waals surface area (Å²) in [5.74, 6) is 0.618. The lowest BCUT2D eigenvalue weighted by atomic mass is 9.79. The fraction of sp³-hybridized carbons (Fsp3) is 0.476. The maximum Gasteiger partial charge on any atom is 0.272 e. The van der Waals surface area contributed by atoms with Gasteiger partial charge in [-0.2, -0.15) is 0 Å². The first-order valence-corrected chi connectivity index (χ1v) is 9.08. The van der Waals surface area contributed by atoms with Crippen LogP contribution in [0.3, 0.4) is 0 Å². The van der Waals surface area contributed by atoms with Crippen LogP contribution >= 0.6 is 0 Å². The summed E-state index contributed by atoms with van der Waals surface area (Å²) in [7, 11) is 1.59. The highest BCUT2D eigenvalue weighted by atomic mass is 16.5. The van der Waals surface area contributed by atoms with E-state index in [1.165, 1.54) is 0 Å². The molecule has 3 rings (SSSR count). The van der Waals surface area contributed by atoms with Crippen LogP contribution in [-0.2, 0) is 4.79 Å². The zero-order valence-electron chi connectivity index (χ0n) is 15.9. The monoisotopic (exact) mass is 354 g/mol. The second kappa shape index (κ2) is 7.06. The van der Waals surface area contributed by atoms with E-state index in [0.717, 1.165) is 23.7 Å². The molecule has 1 fully saturated rings. The lowest BCUT2D eigenvalue weighted by molar-refractivity contribution is -0.131. The van der Waals surface area contributed by atoms with Crippen molar-refractivity contribution in [2.24, 2.45) is 11.3 Å². The van der Waals surface area contributed by atoms with Gasteiger partial charge < -0.3 is 9.64 Å². The van der Waals surface area contributed by atoms with E-state index >= 15 is 0 Å². The highest BCUT2D eigenvalue weighted by molar-refractivity contribution is 5.97. The molecule has 1 saturated heterocycles. The Labute approximate surface area is 154 Å². The van der Waals surface area contributed by atoms with Crippen LogP contribution in [0.15, 0.2) is 30.3 Å². The number of pyridine rings is 1. The van der Waals surface area contributed by atoms with Crippen LogP contribution in [0.1, 0.15) is 44.1 Å². The number of rotatable bonds is 3. The Morgan fingerprint density at radius 2 is 1.96 bits per heavy atom. The number of hydrogen-bond acceptors (Lipinski definition) is 4. The number of para-hydroxylation sites is 1. The molecule has 1 amide bonds. The molecule has 1 aromatic carbocycles. The average Bonchev–Trinajstić information content (AvgIpc) is 2.65. The summed E-state index contributed by atoms with van der Waals surface area (Å²) in [6, 6.07) is 9.30. The predicted molar refractivity (Wildman–Crippen MR) is 101 cm³/mol. The van der Waals surface area contributed by atoms with Crippen LogP contribution in [0.25, 0.3) is 10.9 Å². The summed E-state index contributed by atoms with van der Waals surface area (Å²) in [5, 5.41) is 0.881. The molecule has 2 aromatic rings. The summed E-state index contributed by atoms with van der Waals surface area (Å²) in [6.45, 7) is 6.93.